The van der Waals surface area contributed by atoms with Gasteiger partial charge in [-0.3, -0.25) is 4.79 Å². The van der Waals surface area contributed by atoms with Crippen molar-refractivity contribution in [2.45, 2.75) is 30.1 Å². The smallest absolute Gasteiger partial charge is 0.252 e. The Morgan fingerprint density at radius 2 is 2.04 bits per heavy atom. The molecular weight excluding hydrogens is 396 g/mol. The van der Waals surface area contributed by atoms with E-state index in [1.807, 2.05) is 30.3 Å². The number of hydrogen-bond acceptors (Lipinski definition) is 5. The number of benzene rings is 1. The Hall–Kier alpha value is -1.74. The molecular formula is C20H26N2O4S2. The van der Waals surface area contributed by atoms with Gasteiger partial charge in [-0.15, -0.1) is 11.3 Å². The van der Waals surface area contributed by atoms with Crippen LogP contribution in [0.1, 0.15) is 24.8 Å². The van der Waals surface area contributed by atoms with Gasteiger partial charge < -0.3 is 10.1 Å². The van der Waals surface area contributed by atoms with Crippen LogP contribution in [0.4, 0.5) is 0 Å². The number of nitrogens with one attached hydrogen (secondary N) is 1. The SMILES string of the molecule is O=C(NCCCOCc1ccccc1)C1CCCN(S(=O)(=O)c2cccs2)C1. The van der Waals surface area contributed by atoms with Gasteiger partial charge in [0.05, 0.1) is 12.5 Å². The molecule has 1 atom stereocenters. The van der Waals surface area contributed by atoms with Crippen LogP contribution < -0.4 is 5.32 Å². The molecule has 2 aromatic rings. The Morgan fingerprint density at radius 1 is 1.21 bits per heavy atom. The Balaban J connectivity index is 1.38. The van der Waals surface area contributed by atoms with Crippen LogP contribution in [-0.4, -0.2) is 44.9 Å². The number of carbonyl (C=O) groups excluding carboxylic acids is 1. The Bertz CT molecular complexity index is 838. The van der Waals surface area contributed by atoms with E-state index in [-0.39, 0.29) is 18.4 Å². The molecule has 152 valence electrons. The quantitative estimate of drug-likeness (QED) is 0.631. The second kappa shape index (κ2) is 10.2. The highest BCUT2D eigenvalue weighted by atomic mass is 32.2. The molecule has 0 bridgehead atoms. The van der Waals surface area contributed by atoms with Crippen molar-refractivity contribution in [1.29, 1.82) is 0 Å². The van der Waals surface area contributed by atoms with E-state index >= 15 is 0 Å². The molecule has 0 spiro atoms. The van der Waals surface area contributed by atoms with Crippen LogP contribution in [0.25, 0.3) is 0 Å². The monoisotopic (exact) mass is 422 g/mol. The van der Waals surface area contributed by atoms with Gasteiger partial charge in [0.2, 0.25) is 5.91 Å². The van der Waals surface area contributed by atoms with Crippen molar-refractivity contribution in [1.82, 2.24) is 9.62 Å². The fourth-order valence-corrected chi connectivity index (χ4v) is 5.88. The number of carbonyl (C=O) groups is 1. The molecule has 1 aliphatic rings. The van der Waals surface area contributed by atoms with Crippen LogP contribution in [-0.2, 0) is 26.2 Å². The zero-order chi connectivity index (χ0) is 19.8. The van der Waals surface area contributed by atoms with Crippen LogP contribution in [0.15, 0.2) is 52.1 Å². The largest absolute Gasteiger partial charge is 0.377 e. The number of hydrogen-bond donors (Lipinski definition) is 1. The maximum absolute atomic E-state index is 12.7. The molecule has 1 aliphatic heterocycles. The van der Waals surface area contributed by atoms with Crippen molar-refractivity contribution < 1.29 is 17.9 Å². The van der Waals surface area contributed by atoms with Gasteiger partial charge in [-0.1, -0.05) is 36.4 Å². The minimum absolute atomic E-state index is 0.0749. The van der Waals surface area contributed by atoms with Gasteiger partial charge in [0.15, 0.2) is 0 Å². The molecule has 28 heavy (non-hydrogen) atoms. The van der Waals surface area contributed by atoms with E-state index in [0.717, 1.165) is 12.0 Å². The molecule has 6 nitrogen and oxygen atoms in total. The third-order valence-electron chi connectivity index (χ3n) is 4.72. The fraction of sp³-hybridized carbons (Fsp3) is 0.450. The summed E-state index contributed by atoms with van der Waals surface area (Å²) in [6.07, 6.45) is 2.14. The molecule has 0 radical (unpaired) electrons. The van der Waals surface area contributed by atoms with Gasteiger partial charge in [0.25, 0.3) is 10.0 Å². The summed E-state index contributed by atoms with van der Waals surface area (Å²) in [5.41, 5.74) is 1.13. The topological polar surface area (TPSA) is 75.7 Å². The number of nitrogens with zero attached hydrogens (tertiary/aromatic N) is 1. The Kier molecular flexibility index (Phi) is 7.61. The molecule has 1 unspecified atom stereocenters. The molecule has 1 saturated heterocycles. The zero-order valence-electron chi connectivity index (χ0n) is 15.7. The second-order valence-electron chi connectivity index (χ2n) is 6.82. The van der Waals surface area contributed by atoms with Crippen molar-refractivity contribution in [3.05, 3.63) is 53.4 Å². The van der Waals surface area contributed by atoms with Gasteiger partial charge in [-0.2, -0.15) is 4.31 Å². The summed E-state index contributed by atoms with van der Waals surface area (Å²) in [5, 5.41) is 4.67. The molecule has 1 aromatic heterocycles. The molecule has 1 amide bonds. The third-order valence-corrected chi connectivity index (χ3v) is 7.96. The predicted octanol–water partition coefficient (Wildman–Crippen LogP) is 2.87. The van der Waals surface area contributed by atoms with Crippen LogP contribution in [0.2, 0.25) is 0 Å². The van der Waals surface area contributed by atoms with Crippen LogP contribution in [0, 0.1) is 5.92 Å². The van der Waals surface area contributed by atoms with Crippen molar-refractivity contribution in [2.75, 3.05) is 26.2 Å². The molecule has 8 heteroatoms. The highest BCUT2D eigenvalue weighted by Gasteiger charge is 2.33. The minimum Gasteiger partial charge on any atom is -0.377 e. The van der Waals surface area contributed by atoms with E-state index in [1.165, 1.54) is 15.6 Å². The molecule has 1 fully saturated rings. The lowest BCUT2D eigenvalue weighted by Crippen LogP contribution is -2.45. The maximum atomic E-state index is 12.7. The first-order valence-electron chi connectivity index (χ1n) is 9.50. The summed E-state index contributed by atoms with van der Waals surface area (Å²) < 4.78 is 32.7. The normalized spacial score (nSPS) is 18.1. The number of amides is 1. The Morgan fingerprint density at radius 3 is 2.79 bits per heavy atom. The molecule has 2 heterocycles. The average molecular weight is 423 g/mol. The fourth-order valence-electron chi connectivity index (χ4n) is 3.21. The van der Waals surface area contributed by atoms with Gasteiger partial charge >= 0.3 is 0 Å². The minimum atomic E-state index is -3.49. The number of rotatable bonds is 9. The van der Waals surface area contributed by atoms with Crippen LogP contribution in [0.5, 0.6) is 0 Å². The number of piperidine rings is 1. The van der Waals surface area contributed by atoms with Crippen LogP contribution >= 0.6 is 11.3 Å². The summed E-state index contributed by atoms with van der Waals surface area (Å²) in [4.78, 5) is 12.4. The predicted molar refractivity (Wildman–Crippen MR) is 110 cm³/mol. The van der Waals surface area contributed by atoms with Gasteiger partial charge in [-0.25, -0.2) is 8.42 Å². The van der Waals surface area contributed by atoms with Crippen molar-refractivity contribution in [2.24, 2.45) is 5.92 Å². The van der Waals surface area contributed by atoms with Gasteiger partial charge in [-0.05, 0) is 36.3 Å². The van der Waals surface area contributed by atoms with E-state index in [1.54, 1.807) is 17.5 Å². The summed E-state index contributed by atoms with van der Waals surface area (Å²) in [6, 6.07) is 13.3. The number of sulfonamides is 1. The summed E-state index contributed by atoms with van der Waals surface area (Å²) in [7, 11) is -3.49. The lowest BCUT2D eigenvalue weighted by Gasteiger charge is -2.30. The number of thiophene rings is 1. The van der Waals surface area contributed by atoms with Crippen molar-refractivity contribution >= 4 is 27.3 Å². The van der Waals surface area contributed by atoms with E-state index < -0.39 is 10.0 Å². The molecule has 0 saturated carbocycles. The third kappa shape index (κ3) is 5.64. The zero-order valence-corrected chi connectivity index (χ0v) is 17.4. The lowest BCUT2D eigenvalue weighted by molar-refractivity contribution is -0.126. The summed E-state index contributed by atoms with van der Waals surface area (Å²) in [5.74, 6) is -0.372. The maximum Gasteiger partial charge on any atom is 0.252 e. The first-order valence-corrected chi connectivity index (χ1v) is 11.8. The first-order chi connectivity index (χ1) is 13.6. The summed E-state index contributed by atoms with van der Waals surface area (Å²) >= 11 is 1.21. The standard InChI is InChI=1S/C20H26N2O4S2/c23-20(21-11-6-13-26-16-17-7-2-1-3-8-17)18-9-4-12-22(15-18)28(24,25)19-10-5-14-27-19/h1-3,5,7-8,10,14,18H,4,6,9,11-13,15-16H2,(H,21,23). The average Bonchev–Trinajstić information content (AvgIpc) is 3.27. The Labute approximate surface area is 170 Å². The summed E-state index contributed by atoms with van der Waals surface area (Å²) in [6.45, 7) is 2.38. The van der Waals surface area contributed by atoms with E-state index in [4.69, 9.17) is 4.74 Å². The highest BCUT2D eigenvalue weighted by Crippen LogP contribution is 2.26. The van der Waals surface area contributed by atoms with Gasteiger partial charge in [0.1, 0.15) is 4.21 Å². The number of ether oxygens (including phenoxy) is 1. The van der Waals surface area contributed by atoms with Gasteiger partial charge in [0, 0.05) is 26.2 Å². The lowest BCUT2D eigenvalue weighted by atomic mass is 9.99. The van der Waals surface area contributed by atoms with E-state index in [0.29, 0.717) is 43.4 Å². The first kappa shape index (κ1) is 21.0. The molecule has 1 N–H and O–H groups in total. The molecule has 0 aliphatic carbocycles. The van der Waals surface area contributed by atoms with E-state index in [2.05, 4.69) is 5.32 Å². The van der Waals surface area contributed by atoms with E-state index in [9.17, 15) is 13.2 Å². The second-order valence-corrected chi connectivity index (χ2v) is 9.93. The van der Waals surface area contributed by atoms with Crippen LogP contribution in [0.3, 0.4) is 0 Å². The highest BCUT2D eigenvalue weighted by molar-refractivity contribution is 7.91. The molecule has 3 rings (SSSR count). The molecule has 1 aromatic carbocycles. The van der Waals surface area contributed by atoms with Crippen molar-refractivity contribution in [3.8, 4) is 0 Å². The van der Waals surface area contributed by atoms with Crippen molar-refractivity contribution in [3.63, 3.8) is 0 Å².